The van der Waals surface area contributed by atoms with Gasteiger partial charge >= 0.3 is 5.97 Å². The number of carbonyl (C=O) groups is 1. The fourth-order valence-electron chi connectivity index (χ4n) is 3.62. The molecule has 3 heteroatoms. The van der Waals surface area contributed by atoms with E-state index in [1.165, 1.54) is 45.6 Å². The summed E-state index contributed by atoms with van der Waals surface area (Å²) in [6.07, 6.45) is 10.9. The lowest BCUT2D eigenvalue weighted by atomic mass is 9.68. The van der Waals surface area contributed by atoms with Crippen molar-refractivity contribution in [2.24, 2.45) is 23.0 Å². The van der Waals surface area contributed by atoms with E-state index >= 15 is 0 Å². The van der Waals surface area contributed by atoms with Gasteiger partial charge in [0.05, 0.1) is 12.5 Å². The molecule has 18 heavy (non-hydrogen) atoms. The van der Waals surface area contributed by atoms with Gasteiger partial charge in [-0.25, -0.2) is 0 Å². The van der Waals surface area contributed by atoms with E-state index in [9.17, 15) is 4.79 Å². The third-order valence-electron chi connectivity index (χ3n) is 4.94. The van der Waals surface area contributed by atoms with Gasteiger partial charge in [-0.3, -0.25) is 4.79 Å². The molecule has 2 saturated carbocycles. The SMILES string of the molecule is COC(=O)C(CN)(CC1CC1)C1CCCCCC1. The molecule has 2 rings (SSSR count). The van der Waals surface area contributed by atoms with E-state index < -0.39 is 0 Å². The fourth-order valence-corrected chi connectivity index (χ4v) is 3.62. The van der Waals surface area contributed by atoms with E-state index in [2.05, 4.69) is 0 Å². The number of hydrogen-bond acceptors (Lipinski definition) is 3. The van der Waals surface area contributed by atoms with Crippen molar-refractivity contribution in [1.82, 2.24) is 0 Å². The van der Waals surface area contributed by atoms with Crippen LogP contribution >= 0.6 is 0 Å². The molecule has 3 nitrogen and oxygen atoms in total. The molecule has 0 bridgehead atoms. The molecule has 0 aromatic heterocycles. The molecule has 0 spiro atoms. The highest BCUT2D eigenvalue weighted by molar-refractivity contribution is 5.77. The Kier molecular flexibility index (Phi) is 4.66. The Hall–Kier alpha value is -0.570. The maximum Gasteiger partial charge on any atom is 0.313 e. The van der Waals surface area contributed by atoms with Crippen molar-refractivity contribution >= 4 is 5.97 Å². The summed E-state index contributed by atoms with van der Waals surface area (Å²) in [7, 11) is 1.51. The second kappa shape index (κ2) is 6.05. The van der Waals surface area contributed by atoms with Crippen LogP contribution < -0.4 is 5.73 Å². The summed E-state index contributed by atoms with van der Waals surface area (Å²) in [5.74, 6) is 1.11. The molecule has 0 aliphatic heterocycles. The molecule has 0 aromatic carbocycles. The van der Waals surface area contributed by atoms with Crippen molar-refractivity contribution in [2.75, 3.05) is 13.7 Å². The summed E-state index contributed by atoms with van der Waals surface area (Å²) in [6, 6.07) is 0. The molecule has 0 amide bonds. The minimum absolute atomic E-state index is 0.0520. The molecule has 0 saturated heterocycles. The highest BCUT2D eigenvalue weighted by Crippen LogP contribution is 2.48. The smallest absolute Gasteiger partial charge is 0.313 e. The molecule has 2 aliphatic carbocycles. The maximum atomic E-state index is 12.3. The van der Waals surface area contributed by atoms with Gasteiger partial charge in [0.2, 0.25) is 0 Å². The molecule has 0 heterocycles. The summed E-state index contributed by atoms with van der Waals surface area (Å²) in [6.45, 7) is 0.459. The van der Waals surface area contributed by atoms with Gasteiger partial charge in [-0.15, -0.1) is 0 Å². The Morgan fingerprint density at radius 1 is 1.17 bits per heavy atom. The number of hydrogen-bond donors (Lipinski definition) is 1. The van der Waals surface area contributed by atoms with E-state index in [1.54, 1.807) is 0 Å². The van der Waals surface area contributed by atoms with Gasteiger partial charge in [-0.1, -0.05) is 38.5 Å². The van der Waals surface area contributed by atoms with E-state index in [4.69, 9.17) is 10.5 Å². The van der Waals surface area contributed by atoms with Crippen molar-refractivity contribution in [1.29, 1.82) is 0 Å². The maximum absolute atomic E-state index is 12.3. The van der Waals surface area contributed by atoms with Gasteiger partial charge in [0.1, 0.15) is 0 Å². The summed E-state index contributed by atoms with van der Waals surface area (Å²) in [4.78, 5) is 12.3. The van der Waals surface area contributed by atoms with Crippen molar-refractivity contribution in [3.05, 3.63) is 0 Å². The monoisotopic (exact) mass is 253 g/mol. The van der Waals surface area contributed by atoms with Gasteiger partial charge in [0, 0.05) is 6.54 Å². The molecule has 2 fully saturated rings. The first-order valence-electron chi connectivity index (χ1n) is 7.51. The molecule has 1 unspecified atom stereocenters. The van der Waals surface area contributed by atoms with Crippen LogP contribution in [-0.4, -0.2) is 19.6 Å². The lowest BCUT2D eigenvalue weighted by Gasteiger charge is -2.37. The summed E-state index contributed by atoms with van der Waals surface area (Å²) < 4.78 is 5.11. The van der Waals surface area contributed by atoms with Gasteiger partial charge in [0.25, 0.3) is 0 Å². The number of ether oxygens (including phenoxy) is 1. The van der Waals surface area contributed by atoms with E-state index in [0.29, 0.717) is 12.5 Å². The van der Waals surface area contributed by atoms with Gasteiger partial charge in [-0.2, -0.15) is 0 Å². The third kappa shape index (κ3) is 2.87. The van der Waals surface area contributed by atoms with E-state index in [1.807, 2.05) is 0 Å². The molecule has 0 aromatic rings. The van der Waals surface area contributed by atoms with Crippen LogP contribution in [0.5, 0.6) is 0 Å². The largest absolute Gasteiger partial charge is 0.469 e. The topological polar surface area (TPSA) is 52.3 Å². The van der Waals surface area contributed by atoms with Gasteiger partial charge in [0.15, 0.2) is 0 Å². The molecule has 2 N–H and O–H groups in total. The standard InChI is InChI=1S/C15H27NO2/c1-18-14(17)15(11-16,10-12-8-9-12)13-6-4-2-3-5-7-13/h12-13H,2-11,16H2,1H3. The molecule has 104 valence electrons. The zero-order chi connectivity index (χ0) is 13.0. The average Bonchev–Trinajstić information content (AvgIpc) is 3.21. The number of carbonyl (C=O) groups excluding carboxylic acids is 1. The molecule has 2 aliphatic rings. The second-order valence-corrected chi connectivity index (χ2v) is 6.19. The average molecular weight is 253 g/mol. The van der Waals surface area contributed by atoms with E-state index in [0.717, 1.165) is 25.2 Å². The van der Waals surface area contributed by atoms with Crippen LogP contribution in [0.25, 0.3) is 0 Å². The highest BCUT2D eigenvalue weighted by atomic mass is 16.5. The first-order valence-corrected chi connectivity index (χ1v) is 7.51. The minimum Gasteiger partial charge on any atom is -0.469 e. The quantitative estimate of drug-likeness (QED) is 0.605. The summed E-state index contributed by atoms with van der Waals surface area (Å²) in [5.41, 5.74) is 5.65. The molecular weight excluding hydrogens is 226 g/mol. The highest BCUT2D eigenvalue weighted by Gasteiger charge is 2.48. The number of rotatable bonds is 5. The van der Waals surface area contributed by atoms with Crippen LogP contribution in [0, 0.1) is 17.3 Å². The Labute approximate surface area is 110 Å². The Morgan fingerprint density at radius 3 is 2.22 bits per heavy atom. The second-order valence-electron chi connectivity index (χ2n) is 6.19. The molecule has 1 atom stereocenters. The third-order valence-corrected chi connectivity index (χ3v) is 4.94. The molecular formula is C15H27NO2. The minimum atomic E-state index is -0.389. The van der Waals surface area contributed by atoms with Crippen molar-refractivity contribution in [3.8, 4) is 0 Å². The van der Waals surface area contributed by atoms with Crippen molar-refractivity contribution in [3.63, 3.8) is 0 Å². The van der Waals surface area contributed by atoms with Gasteiger partial charge in [-0.05, 0) is 31.1 Å². The van der Waals surface area contributed by atoms with Crippen LogP contribution in [-0.2, 0) is 9.53 Å². The van der Waals surface area contributed by atoms with Crippen LogP contribution in [0.3, 0.4) is 0 Å². The van der Waals surface area contributed by atoms with E-state index in [-0.39, 0.29) is 11.4 Å². The fraction of sp³-hybridized carbons (Fsp3) is 0.933. The van der Waals surface area contributed by atoms with Gasteiger partial charge < -0.3 is 10.5 Å². The summed E-state index contributed by atoms with van der Waals surface area (Å²) >= 11 is 0. The van der Waals surface area contributed by atoms with Crippen molar-refractivity contribution in [2.45, 2.75) is 57.8 Å². The molecule has 0 radical (unpaired) electrons. The number of esters is 1. The van der Waals surface area contributed by atoms with Crippen molar-refractivity contribution < 1.29 is 9.53 Å². The Bertz CT molecular complexity index is 280. The predicted octanol–water partition coefficient (Wildman–Crippen LogP) is 2.88. The zero-order valence-electron chi connectivity index (χ0n) is 11.6. The summed E-state index contributed by atoms with van der Waals surface area (Å²) in [5, 5.41) is 0. The van der Waals surface area contributed by atoms with Crippen LogP contribution in [0.1, 0.15) is 57.8 Å². The number of methoxy groups -OCH3 is 1. The Morgan fingerprint density at radius 2 is 1.78 bits per heavy atom. The van der Waals surface area contributed by atoms with Crippen LogP contribution in [0.15, 0.2) is 0 Å². The van der Waals surface area contributed by atoms with Crippen LogP contribution in [0.2, 0.25) is 0 Å². The number of nitrogens with two attached hydrogens (primary N) is 1. The zero-order valence-corrected chi connectivity index (χ0v) is 11.6. The normalized spacial score (nSPS) is 25.2. The first kappa shape index (κ1) is 13.9. The lowest BCUT2D eigenvalue weighted by molar-refractivity contribution is -0.157. The lowest BCUT2D eigenvalue weighted by Crippen LogP contribution is -2.46. The Balaban J connectivity index is 2.16. The van der Waals surface area contributed by atoms with Crippen LogP contribution in [0.4, 0.5) is 0 Å². The first-order chi connectivity index (χ1) is 8.73. The predicted molar refractivity (Wildman–Crippen MR) is 72.0 cm³/mol.